The molecular formula is C12H11N3O2. The minimum absolute atomic E-state index is 0.172. The number of hydrogen-bond acceptors (Lipinski definition) is 3. The Labute approximate surface area is 98.1 Å². The zero-order valence-electron chi connectivity index (χ0n) is 9.56. The minimum Gasteiger partial charge on any atom is -0.478 e. The monoisotopic (exact) mass is 229 g/mol. The molecule has 0 aromatic carbocycles. The van der Waals surface area contributed by atoms with Crippen LogP contribution in [0.2, 0.25) is 0 Å². The Bertz CT molecular complexity index is 647. The van der Waals surface area contributed by atoms with Crippen molar-refractivity contribution in [2.24, 2.45) is 0 Å². The molecule has 0 saturated carbocycles. The van der Waals surface area contributed by atoms with Crippen LogP contribution in [0.3, 0.4) is 0 Å². The molecule has 0 aliphatic carbocycles. The number of carboxylic acids is 1. The van der Waals surface area contributed by atoms with Crippen LogP contribution in [0.5, 0.6) is 0 Å². The van der Waals surface area contributed by atoms with E-state index in [4.69, 9.17) is 5.11 Å². The van der Waals surface area contributed by atoms with E-state index in [1.165, 1.54) is 12.1 Å². The lowest BCUT2D eigenvalue weighted by Crippen LogP contribution is -2.03. The summed E-state index contributed by atoms with van der Waals surface area (Å²) in [5.41, 5.74) is 1.29. The molecular weight excluding hydrogens is 218 g/mol. The van der Waals surface area contributed by atoms with Gasteiger partial charge in [-0.25, -0.2) is 4.79 Å². The van der Waals surface area contributed by atoms with E-state index in [1.807, 2.05) is 6.92 Å². The summed E-state index contributed by atoms with van der Waals surface area (Å²) in [6.45, 7) is 3.67. The number of aromatic carboxylic acids is 1. The number of aromatic nitrogens is 3. The first-order valence-corrected chi connectivity index (χ1v) is 5.21. The van der Waals surface area contributed by atoms with E-state index >= 15 is 0 Å². The van der Waals surface area contributed by atoms with Crippen LogP contribution in [0.25, 0.3) is 5.65 Å². The second kappa shape index (κ2) is 4.26. The summed E-state index contributed by atoms with van der Waals surface area (Å²) in [5.74, 6) is 5.42. The number of carboxylic acid groups (broad SMARTS) is 1. The summed E-state index contributed by atoms with van der Waals surface area (Å²) in [7, 11) is 0. The number of hydrogen-bond donors (Lipinski definition) is 1. The van der Waals surface area contributed by atoms with Crippen LogP contribution in [0.1, 0.15) is 35.7 Å². The van der Waals surface area contributed by atoms with Gasteiger partial charge in [-0.05, 0) is 25.0 Å². The smallest absolute Gasteiger partial charge is 0.335 e. The summed E-state index contributed by atoms with van der Waals surface area (Å²) >= 11 is 0. The molecule has 2 rings (SSSR count). The number of carbonyl (C=O) groups is 1. The molecule has 0 atom stereocenters. The standard InChI is InChI=1S/C12H11N3O2/c1-3-5-9-6-8(12(16)17)7-11-14-13-10(4-2)15(9)11/h6-7H,4H2,1-2H3,(H,16,17). The SMILES string of the molecule is CC#Cc1cc(C(=O)O)cc2nnc(CC)n12. The van der Waals surface area contributed by atoms with Crippen LogP contribution in [-0.2, 0) is 6.42 Å². The van der Waals surface area contributed by atoms with Gasteiger partial charge in [-0.2, -0.15) is 0 Å². The maximum absolute atomic E-state index is 11.0. The molecule has 86 valence electrons. The van der Waals surface area contributed by atoms with Crippen molar-refractivity contribution in [3.05, 3.63) is 29.2 Å². The molecule has 0 bridgehead atoms. The molecule has 0 fully saturated rings. The minimum atomic E-state index is -0.993. The topological polar surface area (TPSA) is 67.5 Å². The third-order valence-corrected chi connectivity index (χ3v) is 2.39. The summed E-state index contributed by atoms with van der Waals surface area (Å²) in [6.07, 6.45) is 0.714. The van der Waals surface area contributed by atoms with E-state index in [1.54, 1.807) is 11.3 Å². The van der Waals surface area contributed by atoms with E-state index in [0.717, 1.165) is 5.82 Å². The highest BCUT2D eigenvalue weighted by Crippen LogP contribution is 2.12. The van der Waals surface area contributed by atoms with Crippen molar-refractivity contribution in [1.29, 1.82) is 0 Å². The van der Waals surface area contributed by atoms with Crippen LogP contribution in [0.4, 0.5) is 0 Å². The number of rotatable bonds is 2. The van der Waals surface area contributed by atoms with Crippen molar-refractivity contribution in [3.63, 3.8) is 0 Å². The van der Waals surface area contributed by atoms with Gasteiger partial charge in [0.2, 0.25) is 0 Å². The van der Waals surface area contributed by atoms with Crippen molar-refractivity contribution in [3.8, 4) is 11.8 Å². The second-order valence-electron chi connectivity index (χ2n) is 3.47. The molecule has 0 aliphatic heterocycles. The predicted molar refractivity (Wildman–Crippen MR) is 61.9 cm³/mol. The molecule has 0 radical (unpaired) electrons. The molecule has 0 aliphatic rings. The average Bonchev–Trinajstić information content (AvgIpc) is 2.72. The Morgan fingerprint density at radius 2 is 2.24 bits per heavy atom. The lowest BCUT2D eigenvalue weighted by Gasteiger charge is -2.02. The molecule has 0 amide bonds. The molecule has 17 heavy (non-hydrogen) atoms. The van der Waals surface area contributed by atoms with Gasteiger partial charge in [-0.3, -0.25) is 4.40 Å². The normalized spacial score (nSPS) is 10.0. The maximum Gasteiger partial charge on any atom is 0.335 e. The van der Waals surface area contributed by atoms with Gasteiger partial charge in [-0.1, -0.05) is 12.8 Å². The fourth-order valence-corrected chi connectivity index (χ4v) is 1.65. The Morgan fingerprint density at radius 1 is 1.47 bits per heavy atom. The van der Waals surface area contributed by atoms with Gasteiger partial charge in [0, 0.05) is 6.42 Å². The second-order valence-corrected chi connectivity index (χ2v) is 3.47. The number of aryl methyl sites for hydroxylation is 1. The Kier molecular flexibility index (Phi) is 2.79. The molecule has 1 N–H and O–H groups in total. The van der Waals surface area contributed by atoms with Crippen molar-refractivity contribution >= 4 is 11.6 Å². The van der Waals surface area contributed by atoms with Crippen LogP contribution >= 0.6 is 0 Å². The van der Waals surface area contributed by atoms with Crippen LogP contribution in [0, 0.1) is 11.8 Å². The fourth-order valence-electron chi connectivity index (χ4n) is 1.65. The highest BCUT2D eigenvalue weighted by atomic mass is 16.4. The Balaban J connectivity index is 2.81. The summed E-state index contributed by atoms with van der Waals surface area (Å²) in [5, 5.41) is 17.0. The molecule has 5 heteroatoms. The Hall–Kier alpha value is -2.35. The maximum atomic E-state index is 11.0. The first-order chi connectivity index (χ1) is 8.17. The molecule has 2 heterocycles. The van der Waals surface area contributed by atoms with Gasteiger partial charge in [0.15, 0.2) is 5.65 Å². The summed E-state index contributed by atoms with van der Waals surface area (Å²) < 4.78 is 1.78. The van der Waals surface area contributed by atoms with Gasteiger partial charge in [-0.15, -0.1) is 10.2 Å². The van der Waals surface area contributed by atoms with Gasteiger partial charge in [0.05, 0.1) is 5.56 Å². The van der Waals surface area contributed by atoms with Crippen molar-refractivity contribution in [2.45, 2.75) is 20.3 Å². The van der Waals surface area contributed by atoms with Gasteiger partial charge < -0.3 is 5.11 Å². The fraction of sp³-hybridized carbons (Fsp3) is 0.250. The third-order valence-electron chi connectivity index (χ3n) is 2.39. The summed E-state index contributed by atoms with van der Waals surface area (Å²) in [4.78, 5) is 11.0. The largest absolute Gasteiger partial charge is 0.478 e. The zero-order chi connectivity index (χ0) is 12.4. The molecule has 2 aromatic rings. The van der Waals surface area contributed by atoms with E-state index < -0.39 is 5.97 Å². The first-order valence-electron chi connectivity index (χ1n) is 5.21. The van der Waals surface area contributed by atoms with Crippen LogP contribution in [0.15, 0.2) is 12.1 Å². The van der Waals surface area contributed by atoms with Crippen LogP contribution in [-0.4, -0.2) is 25.7 Å². The summed E-state index contributed by atoms with van der Waals surface area (Å²) in [6, 6.07) is 3.03. The Morgan fingerprint density at radius 3 is 2.82 bits per heavy atom. The molecule has 0 saturated heterocycles. The highest BCUT2D eigenvalue weighted by Gasteiger charge is 2.12. The lowest BCUT2D eigenvalue weighted by molar-refractivity contribution is 0.0697. The predicted octanol–water partition coefficient (Wildman–Crippen LogP) is 1.36. The number of pyridine rings is 1. The van der Waals surface area contributed by atoms with E-state index in [2.05, 4.69) is 22.0 Å². The van der Waals surface area contributed by atoms with Gasteiger partial charge >= 0.3 is 5.97 Å². The number of nitrogens with zero attached hydrogens (tertiary/aromatic N) is 3. The van der Waals surface area contributed by atoms with Gasteiger partial charge in [0.25, 0.3) is 0 Å². The average molecular weight is 229 g/mol. The highest BCUT2D eigenvalue weighted by molar-refractivity contribution is 5.89. The van der Waals surface area contributed by atoms with Crippen molar-refractivity contribution < 1.29 is 9.90 Å². The molecule has 0 unspecified atom stereocenters. The first kappa shape index (κ1) is 11.1. The molecule has 0 spiro atoms. The van der Waals surface area contributed by atoms with Crippen LogP contribution < -0.4 is 0 Å². The lowest BCUT2D eigenvalue weighted by atomic mass is 10.2. The van der Waals surface area contributed by atoms with Crippen molar-refractivity contribution in [2.75, 3.05) is 0 Å². The van der Waals surface area contributed by atoms with Crippen molar-refractivity contribution in [1.82, 2.24) is 14.6 Å². The van der Waals surface area contributed by atoms with E-state index in [9.17, 15) is 4.79 Å². The molecule has 2 aromatic heterocycles. The zero-order valence-corrected chi connectivity index (χ0v) is 9.56. The quantitative estimate of drug-likeness (QED) is 0.789. The molecule has 5 nitrogen and oxygen atoms in total. The number of fused-ring (bicyclic) bond motifs is 1. The van der Waals surface area contributed by atoms with Gasteiger partial charge in [0.1, 0.15) is 11.5 Å². The third kappa shape index (κ3) is 1.85. The van der Waals surface area contributed by atoms with E-state index in [0.29, 0.717) is 17.8 Å². The van der Waals surface area contributed by atoms with E-state index in [-0.39, 0.29) is 5.56 Å².